The summed E-state index contributed by atoms with van der Waals surface area (Å²) in [6.45, 7) is 6.68. The first kappa shape index (κ1) is 20.4. The van der Waals surface area contributed by atoms with Crippen molar-refractivity contribution in [1.82, 2.24) is 0 Å². The van der Waals surface area contributed by atoms with Crippen LogP contribution in [0.4, 0.5) is 0 Å². The van der Waals surface area contributed by atoms with Crippen LogP contribution >= 0.6 is 0 Å². The average Bonchev–Trinajstić information content (AvgIpc) is 2.24. The molecule has 0 aliphatic heterocycles. The molecule has 0 unspecified atom stereocenters. The summed E-state index contributed by atoms with van der Waals surface area (Å²) in [6.07, 6.45) is 2.39. The first-order valence-corrected chi connectivity index (χ1v) is 7.16. The van der Waals surface area contributed by atoms with Crippen LogP contribution in [-0.4, -0.2) is 62.9 Å². The van der Waals surface area contributed by atoms with Gasteiger partial charge in [0, 0.05) is 5.57 Å². The van der Waals surface area contributed by atoms with Crippen LogP contribution in [0, 0.1) is 0 Å². The zero-order chi connectivity index (χ0) is 13.3. The van der Waals surface area contributed by atoms with Crippen molar-refractivity contribution < 1.29 is 22.1 Å². The molecule has 0 radical (unpaired) electrons. The van der Waals surface area contributed by atoms with E-state index in [1.165, 1.54) is 6.92 Å². The van der Waals surface area contributed by atoms with E-state index >= 15 is 0 Å². The predicted octanol–water partition coefficient (Wildman–Crippen LogP) is 0.994. The van der Waals surface area contributed by atoms with Crippen molar-refractivity contribution in [2.75, 3.05) is 19.0 Å². The van der Waals surface area contributed by atoms with Crippen LogP contribution in [0.2, 0.25) is 0 Å². The summed E-state index contributed by atoms with van der Waals surface area (Å²) >= 11 is 0. The Morgan fingerprint density at radius 1 is 1.22 bits per heavy atom. The standard InChI is InChI=1S/C11H20O5S.Na.H/c1-4-5-6-9-17(13,14)16-8-7-15-11(12)10(2)3;;/h2,4-9H2,1,3H3;;. The van der Waals surface area contributed by atoms with Crippen LogP contribution in [0.5, 0.6) is 0 Å². The second kappa shape index (κ2) is 11.0. The Hall–Kier alpha value is 0.120. The number of unbranched alkanes of at least 4 members (excludes halogenated alkanes) is 2. The van der Waals surface area contributed by atoms with Crippen LogP contribution in [0.15, 0.2) is 12.2 Å². The molecule has 0 aromatic rings. The molecule has 0 rings (SSSR count). The van der Waals surface area contributed by atoms with E-state index < -0.39 is 16.1 Å². The molecule has 0 aromatic carbocycles. The fourth-order valence-corrected chi connectivity index (χ4v) is 2.00. The zero-order valence-electron chi connectivity index (χ0n) is 10.4. The zero-order valence-corrected chi connectivity index (χ0v) is 11.2. The third-order valence-corrected chi connectivity index (χ3v) is 3.24. The third-order valence-electron chi connectivity index (χ3n) is 1.93. The Bertz CT molecular complexity index is 350. The van der Waals surface area contributed by atoms with E-state index in [0.717, 1.165) is 12.8 Å². The second-order valence-corrected chi connectivity index (χ2v) is 5.47. The number of esters is 1. The van der Waals surface area contributed by atoms with E-state index in [1.54, 1.807) is 0 Å². The Morgan fingerprint density at radius 3 is 2.33 bits per heavy atom. The van der Waals surface area contributed by atoms with Crippen molar-refractivity contribution in [1.29, 1.82) is 0 Å². The average molecular weight is 288 g/mol. The van der Waals surface area contributed by atoms with Crippen LogP contribution in [0.1, 0.15) is 33.1 Å². The molecular weight excluding hydrogens is 267 g/mol. The summed E-state index contributed by atoms with van der Waals surface area (Å²) in [4.78, 5) is 11.0. The van der Waals surface area contributed by atoms with E-state index in [9.17, 15) is 13.2 Å². The molecule has 0 saturated carbocycles. The normalized spacial score (nSPS) is 10.6. The summed E-state index contributed by atoms with van der Waals surface area (Å²) in [7, 11) is -3.49. The van der Waals surface area contributed by atoms with Crippen LogP contribution < -0.4 is 0 Å². The molecule has 0 heterocycles. The van der Waals surface area contributed by atoms with Crippen LogP contribution in [0.25, 0.3) is 0 Å². The molecular formula is C11H21NaO5S. The third kappa shape index (κ3) is 11.2. The molecule has 5 nitrogen and oxygen atoms in total. The molecule has 0 aromatic heterocycles. The minimum absolute atomic E-state index is 0. The monoisotopic (exact) mass is 288 g/mol. The van der Waals surface area contributed by atoms with E-state index in [-0.39, 0.29) is 54.1 Å². The SMILES string of the molecule is C=C(C)C(=O)OCCOS(=O)(=O)CCCCC.[NaH]. The molecule has 7 heteroatoms. The number of hydrogen-bond acceptors (Lipinski definition) is 5. The quantitative estimate of drug-likeness (QED) is 0.208. The first-order chi connectivity index (χ1) is 7.89. The van der Waals surface area contributed by atoms with Crippen molar-refractivity contribution in [3.05, 3.63) is 12.2 Å². The Labute approximate surface area is 131 Å². The van der Waals surface area contributed by atoms with Gasteiger partial charge in [-0.15, -0.1) is 0 Å². The van der Waals surface area contributed by atoms with Crippen molar-refractivity contribution in [2.45, 2.75) is 33.1 Å². The van der Waals surface area contributed by atoms with Gasteiger partial charge in [-0.3, -0.25) is 4.18 Å². The van der Waals surface area contributed by atoms with Crippen LogP contribution in [0.3, 0.4) is 0 Å². The molecule has 18 heavy (non-hydrogen) atoms. The molecule has 0 saturated heterocycles. The van der Waals surface area contributed by atoms with Gasteiger partial charge in [-0.25, -0.2) is 4.79 Å². The number of hydrogen-bond donors (Lipinski definition) is 0. The minimum atomic E-state index is -3.49. The molecule has 0 bridgehead atoms. The summed E-state index contributed by atoms with van der Waals surface area (Å²) in [5.41, 5.74) is 0.274. The molecule has 0 amide bonds. The van der Waals surface area contributed by atoms with Crippen molar-refractivity contribution >= 4 is 45.6 Å². The van der Waals surface area contributed by atoms with Gasteiger partial charge in [-0.1, -0.05) is 26.3 Å². The van der Waals surface area contributed by atoms with Gasteiger partial charge in [-0.05, 0) is 13.3 Å². The van der Waals surface area contributed by atoms with Gasteiger partial charge < -0.3 is 4.74 Å². The van der Waals surface area contributed by atoms with Gasteiger partial charge in [0.2, 0.25) is 0 Å². The summed E-state index contributed by atoms with van der Waals surface area (Å²) in [5.74, 6) is -0.535. The Morgan fingerprint density at radius 2 is 1.83 bits per heavy atom. The molecule has 0 aliphatic rings. The van der Waals surface area contributed by atoms with Crippen LogP contribution in [-0.2, 0) is 23.8 Å². The van der Waals surface area contributed by atoms with Gasteiger partial charge in [-0.2, -0.15) is 8.42 Å². The van der Waals surface area contributed by atoms with Crippen molar-refractivity contribution in [3.63, 3.8) is 0 Å². The van der Waals surface area contributed by atoms with Crippen molar-refractivity contribution in [2.24, 2.45) is 0 Å². The van der Waals surface area contributed by atoms with Gasteiger partial charge in [0.05, 0.1) is 5.75 Å². The Kier molecular flexibility index (Phi) is 12.5. The molecule has 0 fully saturated rings. The number of carbonyl (C=O) groups is 1. The maximum atomic E-state index is 11.3. The van der Waals surface area contributed by atoms with E-state index in [1.807, 2.05) is 6.92 Å². The van der Waals surface area contributed by atoms with E-state index in [0.29, 0.717) is 6.42 Å². The number of ether oxygens (including phenoxy) is 1. The summed E-state index contributed by atoms with van der Waals surface area (Å²) in [6, 6.07) is 0. The molecule has 0 N–H and O–H groups in total. The Balaban J connectivity index is 0. The van der Waals surface area contributed by atoms with Gasteiger partial charge in [0.15, 0.2) is 0 Å². The van der Waals surface area contributed by atoms with Gasteiger partial charge >= 0.3 is 35.5 Å². The van der Waals surface area contributed by atoms with E-state index in [2.05, 4.69) is 10.8 Å². The van der Waals surface area contributed by atoms with E-state index in [4.69, 9.17) is 4.74 Å². The molecule has 0 atom stereocenters. The van der Waals surface area contributed by atoms with Gasteiger partial charge in [0.1, 0.15) is 13.2 Å². The first-order valence-electron chi connectivity index (χ1n) is 5.58. The topological polar surface area (TPSA) is 69.7 Å². The summed E-state index contributed by atoms with van der Waals surface area (Å²) < 4.78 is 32.0. The molecule has 102 valence electrons. The fraction of sp³-hybridized carbons (Fsp3) is 0.727. The number of rotatable bonds is 9. The maximum absolute atomic E-state index is 11.3. The molecule has 0 aliphatic carbocycles. The predicted molar refractivity (Wildman–Crippen MR) is 72.2 cm³/mol. The summed E-state index contributed by atoms with van der Waals surface area (Å²) in [5, 5.41) is 0. The second-order valence-electron chi connectivity index (χ2n) is 3.71. The molecule has 0 spiro atoms. The van der Waals surface area contributed by atoms with Crippen molar-refractivity contribution in [3.8, 4) is 0 Å². The fourth-order valence-electron chi connectivity index (χ4n) is 1.01. The number of carbonyl (C=O) groups excluding carboxylic acids is 1. The van der Waals surface area contributed by atoms with Gasteiger partial charge in [0.25, 0.3) is 10.1 Å².